The SMILES string of the molecule is N#Cc1cc(C(F)(F)F)ccc1Nc1cc(F)ccc1F. The van der Waals surface area contributed by atoms with Gasteiger partial charge in [0.1, 0.15) is 17.7 Å². The van der Waals surface area contributed by atoms with Crippen LogP contribution in [-0.4, -0.2) is 0 Å². The Bertz CT molecular complexity index is 716. The number of anilines is 2. The quantitative estimate of drug-likeness (QED) is 0.822. The fraction of sp³-hybridized carbons (Fsp3) is 0.0714. The lowest BCUT2D eigenvalue weighted by atomic mass is 10.1. The van der Waals surface area contributed by atoms with Crippen molar-refractivity contribution in [3.05, 3.63) is 59.2 Å². The van der Waals surface area contributed by atoms with E-state index in [1.807, 2.05) is 0 Å². The molecule has 0 saturated carbocycles. The summed E-state index contributed by atoms with van der Waals surface area (Å²) in [4.78, 5) is 0. The molecule has 0 amide bonds. The van der Waals surface area contributed by atoms with Gasteiger partial charge >= 0.3 is 6.18 Å². The predicted octanol–water partition coefficient (Wildman–Crippen LogP) is 4.60. The average Bonchev–Trinajstić information content (AvgIpc) is 2.42. The van der Waals surface area contributed by atoms with Gasteiger partial charge < -0.3 is 5.32 Å². The highest BCUT2D eigenvalue weighted by Crippen LogP contribution is 2.32. The second-order valence-corrected chi connectivity index (χ2v) is 4.12. The van der Waals surface area contributed by atoms with Crippen LogP contribution >= 0.6 is 0 Å². The van der Waals surface area contributed by atoms with E-state index in [1.54, 1.807) is 6.07 Å². The predicted molar refractivity (Wildman–Crippen MR) is 65.8 cm³/mol. The number of nitriles is 1. The number of hydrogen-bond donors (Lipinski definition) is 1. The highest BCUT2D eigenvalue weighted by atomic mass is 19.4. The molecular formula is C14H7F5N2. The molecule has 0 heterocycles. The Morgan fingerprint density at radius 2 is 1.67 bits per heavy atom. The number of nitrogens with zero attached hydrogens (tertiary/aromatic N) is 1. The van der Waals surface area contributed by atoms with E-state index < -0.39 is 23.4 Å². The molecule has 0 saturated heterocycles. The van der Waals surface area contributed by atoms with Gasteiger partial charge in [0.15, 0.2) is 0 Å². The highest BCUT2D eigenvalue weighted by Gasteiger charge is 2.31. The van der Waals surface area contributed by atoms with E-state index in [-0.39, 0.29) is 16.9 Å². The molecule has 0 unspecified atom stereocenters. The molecule has 1 N–H and O–H groups in total. The van der Waals surface area contributed by atoms with E-state index in [1.165, 1.54) is 0 Å². The van der Waals surface area contributed by atoms with Crippen molar-refractivity contribution >= 4 is 11.4 Å². The largest absolute Gasteiger partial charge is 0.416 e. The zero-order valence-electron chi connectivity index (χ0n) is 10.3. The Morgan fingerprint density at radius 1 is 0.952 bits per heavy atom. The Kier molecular flexibility index (Phi) is 3.80. The van der Waals surface area contributed by atoms with E-state index in [4.69, 9.17) is 5.26 Å². The molecule has 2 nitrogen and oxygen atoms in total. The van der Waals surface area contributed by atoms with Crippen LogP contribution in [0.4, 0.5) is 33.3 Å². The molecule has 0 bridgehead atoms. The average molecular weight is 298 g/mol. The topological polar surface area (TPSA) is 35.8 Å². The molecule has 0 aliphatic heterocycles. The Labute approximate surface area is 116 Å². The van der Waals surface area contributed by atoms with Crippen LogP contribution in [-0.2, 0) is 6.18 Å². The number of halogens is 5. The summed E-state index contributed by atoms with van der Waals surface area (Å²) >= 11 is 0. The van der Waals surface area contributed by atoms with Crippen LogP contribution in [0.2, 0.25) is 0 Å². The minimum atomic E-state index is -4.59. The third kappa shape index (κ3) is 3.28. The van der Waals surface area contributed by atoms with E-state index in [2.05, 4.69) is 5.32 Å². The van der Waals surface area contributed by atoms with Gasteiger partial charge in [0, 0.05) is 6.07 Å². The summed E-state index contributed by atoms with van der Waals surface area (Å²) < 4.78 is 64.1. The first-order valence-electron chi connectivity index (χ1n) is 5.64. The molecule has 7 heteroatoms. The highest BCUT2D eigenvalue weighted by molar-refractivity contribution is 5.67. The van der Waals surface area contributed by atoms with E-state index in [9.17, 15) is 22.0 Å². The van der Waals surface area contributed by atoms with Crippen molar-refractivity contribution in [2.45, 2.75) is 6.18 Å². The lowest BCUT2D eigenvalue weighted by Crippen LogP contribution is -2.06. The minimum Gasteiger partial charge on any atom is -0.352 e. The monoisotopic (exact) mass is 298 g/mol. The van der Waals surface area contributed by atoms with Crippen LogP contribution in [0.15, 0.2) is 36.4 Å². The second kappa shape index (κ2) is 5.40. The Hall–Kier alpha value is -2.62. The number of nitrogens with one attached hydrogen (secondary N) is 1. The van der Waals surface area contributed by atoms with Gasteiger partial charge in [-0.2, -0.15) is 18.4 Å². The van der Waals surface area contributed by atoms with Crippen molar-refractivity contribution < 1.29 is 22.0 Å². The van der Waals surface area contributed by atoms with Gasteiger partial charge in [-0.1, -0.05) is 0 Å². The summed E-state index contributed by atoms with van der Waals surface area (Å²) in [5.41, 5.74) is -1.64. The van der Waals surface area contributed by atoms with Crippen molar-refractivity contribution in [2.75, 3.05) is 5.32 Å². The first-order chi connectivity index (χ1) is 9.81. The third-order valence-electron chi connectivity index (χ3n) is 2.67. The van der Waals surface area contributed by atoms with Crippen molar-refractivity contribution in [3.63, 3.8) is 0 Å². The summed E-state index contributed by atoms with van der Waals surface area (Å²) in [6.07, 6.45) is -4.59. The maximum atomic E-state index is 13.5. The fourth-order valence-electron chi connectivity index (χ4n) is 1.66. The smallest absolute Gasteiger partial charge is 0.352 e. The maximum absolute atomic E-state index is 13.5. The summed E-state index contributed by atoms with van der Waals surface area (Å²) in [6, 6.07) is 6.58. The van der Waals surface area contributed by atoms with Crippen LogP contribution in [0, 0.1) is 23.0 Å². The van der Waals surface area contributed by atoms with Crippen LogP contribution in [0.5, 0.6) is 0 Å². The maximum Gasteiger partial charge on any atom is 0.416 e. The van der Waals surface area contributed by atoms with Crippen molar-refractivity contribution in [3.8, 4) is 6.07 Å². The lowest BCUT2D eigenvalue weighted by Gasteiger charge is -2.12. The van der Waals surface area contributed by atoms with Crippen molar-refractivity contribution in [1.82, 2.24) is 0 Å². The van der Waals surface area contributed by atoms with Crippen LogP contribution < -0.4 is 5.32 Å². The first kappa shape index (κ1) is 14.8. The van der Waals surface area contributed by atoms with Gasteiger partial charge in [-0.3, -0.25) is 0 Å². The molecule has 0 aliphatic rings. The summed E-state index contributed by atoms with van der Waals surface area (Å²) in [7, 11) is 0. The molecule has 0 aliphatic carbocycles. The van der Waals surface area contributed by atoms with Crippen molar-refractivity contribution in [1.29, 1.82) is 5.26 Å². The molecule has 0 atom stereocenters. The van der Waals surface area contributed by atoms with E-state index >= 15 is 0 Å². The second-order valence-electron chi connectivity index (χ2n) is 4.12. The molecule has 108 valence electrons. The molecule has 0 radical (unpaired) electrons. The third-order valence-corrected chi connectivity index (χ3v) is 2.67. The molecule has 0 spiro atoms. The van der Waals surface area contributed by atoms with Crippen LogP contribution in [0.1, 0.15) is 11.1 Å². The number of hydrogen-bond acceptors (Lipinski definition) is 2. The summed E-state index contributed by atoms with van der Waals surface area (Å²) in [6.45, 7) is 0. The fourth-order valence-corrected chi connectivity index (χ4v) is 1.66. The van der Waals surface area contributed by atoms with Gasteiger partial charge in [-0.25, -0.2) is 8.78 Å². The summed E-state index contributed by atoms with van der Waals surface area (Å²) in [5, 5.41) is 11.3. The molecule has 21 heavy (non-hydrogen) atoms. The van der Waals surface area contributed by atoms with Crippen molar-refractivity contribution in [2.24, 2.45) is 0 Å². The van der Waals surface area contributed by atoms with Crippen LogP contribution in [0.25, 0.3) is 0 Å². The lowest BCUT2D eigenvalue weighted by molar-refractivity contribution is -0.137. The first-order valence-corrected chi connectivity index (χ1v) is 5.64. The molecule has 0 fully saturated rings. The Balaban J connectivity index is 2.41. The van der Waals surface area contributed by atoms with Gasteiger partial charge in [-0.05, 0) is 30.3 Å². The molecule has 2 rings (SSSR count). The zero-order chi connectivity index (χ0) is 15.6. The van der Waals surface area contributed by atoms with Gasteiger partial charge in [0.25, 0.3) is 0 Å². The Morgan fingerprint density at radius 3 is 2.29 bits per heavy atom. The van der Waals surface area contributed by atoms with E-state index in [0.29, 0.717) is 6.07 Å². The normalized spacial score (nSPS) is 11.0. The van der Waals surface area contributed by atoms with Crippen LogP contribution in [0.3, 0.4) is 0 Å². The molecular weight excluding hydrogens is 291 g/mol. The number of alkyl halides is 3. The molecule has 0 aromatic heterocycles. The van der Waals surface area contributed by atoms with Gasteiger partial charge in [0.2, 0.25) is 0 Å². The molecule has 2 aromatic rings. The number of benzene rings is 2. The minimum absolute atomic E-state index is 0.0463. The summed E-state index contributed by atoms with van der Waals surface area (Å²) in [5.74, 6) is -1.51. The zero-order valence-corrected chi connectivity index (χ0v) is 10.3. The van der Waals surface area contributed by atoms with Gasteiger partial charge in [-0.15, -0.1) is 0 Å². The molecule has 2 aromatic carbocycles. The van der Waals surface area contributed by atoms with E-state index in [0.717, 1.165) is 30.3 Å². The van der Waals surface area contributed by atoms with Gasteiger partial charge in [0.05, 0.1) is 22.5 Å². The number of rotatable bonds is 2. The standard InChI is InChI=1S/C14H7F5N2/c15-10-2-3-11(16)13(6-10)21-12-4-1-9(14(17,18)19)5-8(12)7-20/h1-6,21H.